The van der Waals surface area contributed by atoms with E-state index in [0.29, 0.717) is 13.0 Å². The predicted octanol–water partition coefficient (Wildman–Crippen LogP) is 2.83. The molecule has 1 atom stereocenters. The minimum absolute atomic E-state index is 0.460. The number of hydrogen-bond donors (Lipinski definition) is 1. The van der Waals surface area contributed by atoms with Crippen LogP contribution in [-0.2, 0) is 14.3 Å². The summed E-state index contributed by atoms with van der Waals surface area (Å²) in [4.78, 5) is 24.6. The zero-order chi connectivity index (χ0) is 18.3. The Balaban J connectivity index is 2.02. The lowest BCUT2D eigenvalue weighted by atomic mass is 10.1. The molecule has 25 heavy (non-hydrogen) atoms. The summed E-state index contributed by atoms with van der Waals surface area (Å²) in [7, 11) is 0. The van der Waals surface area contributed by atoms with Gasteiger partial charge in [0.1, 0.15) is 5.60 Å². The number of rotatable bonds is 5. The molecule has 0 bridgehead atoms. The zero-order valence-corrected chi connectivity index (χ0v) is 14.9. The van der Waals surface area contributed by atoms with E-state index in [1.807, 2.05) is 35.2 Å². The number of carbonyl (C=O) groups is 2. The van der Waals surface area contributed by atoms with Crippen molar-refractivity contribution >= 4 is 18.3 Å². The second-order valence-corrected chi connectivity index (χ2v) is 6.86. The Morgan fingerprint density at radius 3 is 2.68 bits per heavy atom. The molecule has 1 aromatic rings. The highest BCUT2D eigenvalue weighted by atomic mass is 16.6. The molecule has 1 aromatic carbocycles. The van der Waals surface area contributed by atoms with Crippen molar-refractivity contribution in [1.82, 2.24) is 10.3 Å². The molecule has 0 aliphatic carbocycles. The maximum Gasteiger partial charge on any atom is 0.428 e. The van der Waals surface area contributed by atoms with Crippen LogP contribution < -0.4 is 5.43 Å². The van der Waals surface area contributed by atoms with Crippen LogP contribution in [0.3, 0.4) is 0 Å². The summed E-state index contributed by atoms with van der Waals surface area (Å²) >= 11 is 0. The lowest BCUT2D eigenvalue weighted by Crippen LogP contribution is -2.40. The Morgan fingerprint density at radius 2 is 2.04 bits per heavy atom. The van der Waals surface area contributed by atoms with Gasteiger partial charge in [-0.05, 0) is 33.6 Å². The maximum absolute atomic E-state index is 11.7. The van der Waals surface area contributed by atoms with Crippen LogP contribution in [0.15, 0.2) is 35.4 Å². The first kappa shape index (κ1) is 18.9. The third kappa shape index (κ3) is 6.19. The van der Waals surface area contributed by atoms with E-state index < -0.39 is 17.9 Å². The number of hydrogen-bond acceptors (Lipinski definition) is 6. The number of ether oxygens (including phenoxy) is 2. The molecule has 1 aliphatic heterocycles. The third-order valence-corrected chi connectivity index (χ3v) is 3.60. The fourth-order valence-electron chi connectivity index (χ4n) is 2.64. The summed E-state index contributed by atoms with van der Waals surface area (Å²) in [5, 5.41) is 4.16. The fourth-order valence-corrected chi connectivity index (χ4v) is 2.64. The number of piperidine rings is 1. The van der Waals surface area contributed by atoms with Gasteiger partial charge >= 0.3 is 6.09 Å². The van der Waals surface area contributed by atoms with Crippen molar-refractivity contribution in [3.63, 3.8) is 0 Å². The standard InChI is InChI=1S/C18H25N3O4/c1-18(2,3)25-17(23)20-19-15-10-7-11-21(12-15)16(24-13-22)14-8-5-4-6-9-14/h4-6,8-9,13,16H,7,10-12H2,1-3H3,(H,20,23). The van der Waals surface area contributed by atoms with Gasteiger partial charge in [-0.3, -0.25) is 9.69 Å². The average Bonchev–Trinajstić information content (AvgIpc) is 2.57. The van der Waals surface area contributed by atoms with Crippen LogP contribution in [0.4, 0.5) is 4.79 Å². The van der Waals surface area contributed by atoms with Gasteiger partial charge in [-0.1, -0.05) is 30.3 Å². The van der Waals surface area contributed by atoms with E-state index in [-0.39, 0.29) is 0 Å². The van der Waals surface area contributed by atoms with Gasteiger partial charge in [-0.15, -0.1) is 0 Å². The van der Waals surface area contributed by atoms with Crippen molar-refractivity contribution in [3.05, 3.63) is 35.9 Å². The molecule has 7 nitrogen and oxygen atoms in total. The van der Waals surface area contributed by atoms with E-state index in [9.17, 15) is 9.59 Å². The number of likely N-dealkylation sites (tertiary alicyclic amines) is 1. The Kier molecular flexibility index (Phi) is 6.52. The Labute approximate surface area is 148 Å². The number of nitrogens with zero attached hydrogens (tertiary/aromatic N) is 2. The van der Waals surface area contributed by atoms with Crippen molar-refractivity contribution in [2.24, 2.45) is 5.10 Å². The summed E-state index contributed by atoms with van der Waals surface area (Å²) in [5.41, 5.74) is 3.57. The molecule has 1 N–H and O–H groups in total. The molecule has 1 aliphatic rings. The molecule has 0 saturated carbocycles. The number of hydrazone groups is 1. The lowest BCUT2D eigenvalue weighted by Gasteiger charge is -2.33. The molecule has 1 heterocycles. The number of carbonyl (C=O) groups excluding carboxylic acids is 2. The maximum atomic E-state index is 11.7. The van der Waals surface area contributed by atoms with Crippen LogP contribution in [0, 0.1) is 0 Å². The highest BCUT2D eigenvalue weighted by Gasteiger charge is 2.26. The Morgan fingerprint density at radius 1 is 1.32 bits per heavy atom. The number of benzene rings is 1. The molecular weight excluding hydrogens is 322 g/mol. The molecule has 0 spiro atoms. The SMILES string of the molecule is CC(C)(C)OC(=O)NN=C1CCCN(C(OC=O)c2ccccc2)C1. The number of nitrogens with one attached hydrogen (secondary N) is 1. The molecule has 1 amide bonds. The van der Waals surface area contributed by atoms with E-state index in [2.05, 4.69) is 10.5 Å². The van der Waals surface area contributed by atoms with E-state index >= 15 is 0 Å². The topological polar surface area (TPSA) is 80.2 Å². The quantitative estimate of drug-likeness (QED) is 0.654. The first-order chi connectivity index (χ1) is 11.9. The van der Waals surface area contributed by atoms with Crippen LogP contribution in [0.25, 0.3) is 0 Å². The summed E-state index contributed by atoms with van der Waals surface area (Å²) in [6, 6.07) is 9.55. The fraction of sp³-hybridized carbons (Fsp3) is 0.500. The second-order valence-electron chi connectivity index (χ2n) is 6.86. The normalized spacial score (nSPS) is 18.4. The van der Waals surface area contributed by atoms with Crippen molar-refractivity contribution in [1.29, 1.82) is 0 Å². The smallest absolute Gasteiger partial charge is 0.428 e. The van der Waals surface area contributed by atoms with Crippen molar-refractivity contribution < 1.29 is 19.1 Å². The molecule has 7 heteroatoms. The molecule has 2 rings (SSSR count). The van der Waals surface area contributed by atoms with Gasteiger partial charge in [0, 0.05) is 18.7 Å². The van der Waals surface area contributed by atoms with E-state index in [1.165, 1.54) is 0 Å². The third-order valence-electron chi connectivity index (χ3n) is 3.60. The van der Waals surface area contributed by atoms with Crippen LogP contribution >= 0.6 is 0 Å². The minimum Gasteiger partial charge on any atom is -0.444 e. The largest absolute Gasteiger partial charge is 0.444 e. The first-order valence-electron chi connectivity index (χ1n) is 8.31. The van der Waals surface area contributed by atoms with Gasteiger partial charge in [0.2, 0.25) is 0 Å². The monoisotopic (exact) mass is 347 g/mol. The van der Waals surface area contributed by atoms with Gasteiger partial charge in [0.15, 0.2) is 6.23 Å². The molecule has 1 saturated heterocycles. The number of amides is 1. The van der Waals surface area contributed by atoms with Gasteiger partial charge in [0.05, 0.1) is 5.71 Å². The van der Waals surface area contributed by atoms with Gasteiger partial charge in [-0.25, -0.2) is 10.2 Å². The van der Waals surface area contributed by atoms with E-state index in [1.54, 1.807) is 20.8 Å². The molecule has 136 valence electrons. The molecule has 0 radical (unpaired) electrons. The Bertz CT molecular complexity index is 610. The Hall–Kier alpha value is -2.41. The van der Waals surface area contributed by atoms with Gasteiger partial charge in [-0.2, -0.15) is 5.10 Å². The van der Waals surface area contributed by atoms with Crippen LogP contribution in [0.1, 0.15) is 45.4 Å². The predicted molar refractivity (Wildman–Crippen MR) is 93.9 cm³/mol. The second kappa shape index (κ2) is 8.62. The minimum atomic E-state index is -0.583. The highest BCUT2D eigenvalue weighted by Crippen LogP contribution is 2.24. The summed E-state index contributed by atoms with van der Waals surface area (Å²) < 4.78 is 10.5. The summed E-state index contributed by atoms with van der Waals surface area (Å²) in [6.45, 7) is 7.12. The van der Waals surface area contributed by atoms with Crippen molar-refractivity contribution in [2.75, 3.05) is 13.1 Å². The van der Waals surface area contributed by atoms with Gasteiger partial charge in [0.25, 0.3) is 6.47 Å². The van der Waals surface area contributed by atoms with E-state index in [0.717, 1.165) is 30.7 Å². The van der Waals surface area contributed by atoms with Gasteiger partial charge < -0.3 is 9.47 Å². The first-order valence-corrected chi connectivity index (χ1v) is 8.31. The summed E-state index contributed by atoms with van der Waals surface area (Å²) in [6.07, 6.45) is 0.585. The van der Waals surface area contributed by atoms with Crippen LogP contribution in [0.2, 0.25) is 0 Å². The molecular formula is C18H25N3O4. The average molecular weight is 347 g/mol. The zero-order valence-electron chi connectivity index (χ0n) is 14.9. The molecule has 1 unspecified atom stereocenters. The van der Waals surface area contributed by atoms with Crippen LogP contribution in [0.5, 0.6) is 0 Å². The van der Waals surface area contributed by atoms with Crippen molar-refractivity contribution in [2.45, 2.75) is 45.4 Å². The highest BCUT2D eigenvalue weighted by molar-refractivity contribution is 5.88. The molecule has 1 fully saturated rings. The van der Waals surface area contributed by atoms with E-state index in [4.69, 9.17) is 9.47 Å². The van der Waals surface area contributed by atoms with Crippen LogP contribution in [-0.4, -0.2) is 41.9 Å². The molecule has 0 aromatic heterocycles. The lowest BCUT2D eigenvalue weighted by molar-refractivity contribution is -0.144. The summed E-state index contributed by atoms with van der Waals surface area (Å²) in [5.74, 6) is 0. The van der Waals surface area contributed by atoms with Crippen molar-refractivity contribution in [3.8, 4) is 0 Å².